The highest BCUT2D eigenvalue weighted by molar-refractivity contribution is 4.83. The third kappa shape index (κ3) is 4.47. The van der Waals surface area contributed by atoms with Crippen LogP contribution in [0.1, 0.15) is 6.92 Å². The molecular formula is C11H26N4. The van der Waals surface area contributed by atoms with Gasteiger partial charge in [0.25, 0.3) is 0 Å². The van der Waals surface area contributed by atoms with Crippen molar-refractivity contribution in [1.29, 1.82) is 0 Å². The number of piperazine rings is 1. The maximum absolute atomic E-state index is 5.88. The fourth-order valence-electron chi connectivity index (χ4n) is 2.25. The maximum Gasteiger partial charge on any atom is 0.0351 e. The molecule has 1 rings (SSSR count). The molecule has 1 saturated heterocycles. The van der Waals surface area contributed by atoms with Crippen LogP contribution in [0.3, 0.4) is 0 Å². The first-order chi connectivity index (χ1) is 6.99. The second-order valence-electron chi connectivity index (χ2n) is 5.15. The van der Waals surface area contributed by atoms with E-state index in [1.54, 1.807) is 0 Å². The highest BCUT2D eigenvalue weighted by atomic mass is 15.3. The number of hydrogen-bond donors (Lipinski definition) is 1. The average Bonchev–Trinajstić information content (AvgIpc) is 2.08. The highest BCUT2D eigenvalue weighted by Crippen LogP contribution is 2.09. The normalized spacial score (nSPS) is 27.2. The first-order valence-electron chi connectivity index (χ1n) is 5.82. The Morgan fingerprint density at radius 1 is 1.40 bits per heavy atom. The number of rotatable bonds is 4. The summed E-state index contributed by atoms with van der Waals surface area (Å²) in [5.41, 5.74) is 5.88. The summed E-state index contributed by atoms with van der Waals surface area (Å²) in [6.07, 6.45) is 0. The molecule has 1 fully saturated rings. The van der Waals surface area contributed by atoms with Crippen molar-refractivity contribution in [3.8, 4) is 0 Å². The van der Waals surface area contributed by atoms with E-state index in [1.807, 2.05) is 0 Å². The van der Waals surface area contributed by atoms with Gasteiger partial charge in [0.2, 0.25) is 0 Å². The minimum Gasteiger partial charge on any atom is -0.327 e. The lowest BCUT2D eigenvalue weighted by Crippen LogP contribution is -2.57. The Balaban J connectivity index is 2.50. The summed E-state index contributed by atoms with van der Waals surface area (Å²) < 4.78 is 0. The van der Waals surface area contributed by atoms with E-state index in [2.05, 4.69) is 42.8 Å². The zero-order valence-corrected chi connectivity index (χ0v) is 10.6. The van der Waals surface area contributed by atoms with E-state index >= 15 is 0 Å². The maximum atomic E-state index is 5.88. The molecule has 1 aliphatic heterocycles. The minimum absolute atomic E-state index is 0.276. The Labute approximate surface area is 94.0 Å². The lowest BCUT2D eigenvalue weighted by Gasteiger charge is -2.41. The van der Waals surface area contributed by atoms with Crippen molar-refractivity contribution >= 4 is 0 Å². The standard InChI is InChI=1S/C11H26N4/c1-10(12)7-15-6-5-14(4)9-11(15)8-13(2)3/h10-11H,5-9,12H2,1-4H3. The average molecular weight is 214 g/mol. The number of nitrogens with two attached hydrogens (primary N) is 1. The van der Waals surface area contributed by atoms with E-state index in [1.165, 1.54) is 0 Å². The molecule has 4 heteroatoms. The van der Waals surface area contributed by atoms with Crippen molar-refractivity contribution in [1.82, 2.24) is 14.7 Å². The van der Waals surface area contributed by atoms with Gasteiger partial charge in [-0.25, -0.2) is 0 Å². The molecule has 1 aliphatic rings. The highest BCUT2D eigenvalue weighted by Gasteiger charge is 2.25. The van der Waals surface area contributed by atoms with Gasteiger partial charge in [0.1, 0.15) is 0 Å². The van der Waals surface area contributed by atoms with E-state index in [0.717, 1.165) is 32.7 Å². The summed E-state index contributed by atoms with van der Waals surface area (Å²) in [5, 5.41) is 0. The second-order valence-corrected chi connectivity index (χ2v) is 5.15. The molecule has 0 aromatic rings. The van der Waals surface area contributed by atoms with Crippen LogP contribution >= 0.6 is 0 Å². The first kappa shape index (κ1) is 12.9. The van der Waals surface area contributed by atoms with Crippen LogP contribution in [0.15, 0.2) is 0 Å². The minimum atomic E-state index is 0.276. The molecule has 0 spiro atoms. The van der Waals surface area contributed by atoms with Gasteiger partial charge < -0.3 is 15.5 Å². The number of nitrogens with zero attached hydrogens (tertiary/aromatic N) is 3. The predicted molar refractivity (Wildman–Crippen MR) is 65.1 cm³/mol. The smallest absolute Gasteiger partial charge is 0.0351 e. The van der Waals surface area contributed by atoms with Crippen molar-refractivity contribution in [2.24, 2.45) is 5.73 Å². The summed E-state index contributed by atoms with van der Waals surface area (Å²) in [7, 11) is 6.48. The van der Waals surface area contributed by atoms with Gasteiger partial charge in [-0.3, -0.25) is 4.90 Å². The molecule has 0 amide bonds. The van der Waals surface area contributed by atoms with Gasteiger partial charge in [-0.05, 0) is 28.1 Å². The number of likely N-dealkylation sites (N-methyl/N-ethyl adjacent to an activating group) is 2. The fourth-order valence-corrected chi connectivity index (χ4v) is 2.25. The Bertz CT molecular complexity index is 179. The summed E-state index contributed by atoms with van der Waals surface area (Å²) in [6, 6.07) is 0.905. The van der Waals surface area contributed by atoms with Crippen LogP contribution in [0.25, 0.3) is 0 Å². The Kier molecular flexibility index (Phi) is 4.99. The van der Waals surface area contributed by atoms with Crippen molar-refractivity contribution in [3.05, 3.63) is 0 Å². The Hall–Kier alpha value is -0.160. The predicted octanol–water partition coefficient (Wildman–Crippen LogP) is -0.489. The van der Waals surface area contributed by atoms with Crippen molar-refractivity contribution in [2.45, 2.75) is 19.0 Å². The van der Waals surface area contributed by atoms with Gasteiger partial charge in [-0.1, -0.05) is 0 Å². The molecule has 0 saturated carbocycles. The molecule has 0 aromatic heterocycles. The molecule has 0 bridgehead atoms. The van der Waals surface area contributed by atoms with Crippen molar-refractivity contribution in [2.75, 3.05) is 53.9 Å². The van der Waals surface area contributed by atoms with E-state index < -0.39 is 0 Å². The number of hydrogen-bond acceptors (Lipinski definition) is 4. The molecule has 90 valence electrons. The first-order valence-corrected chi connectivity index (χ1v) is 5.82. The summed E-state index contributed by atoms with van der Waals surface area (Å²) in [4.78, 5) is 7.20. The van der Waals surface area contributed by atoms with Gasteiger partial charge >= 0.3 is 0 Å². The SMILES string of the molecule is CC(N)CN1CCN(C)CC1CN(C)C. The Morgan fingerprint density at radius 2 is 2.07 bits per heavy atom. The van der Waals surface area contributed by atoms with Gasteiger partial charge in [0.05, 0.1) is 0 Å². The Morgan fingerprint density at radius 3 is 2.60 bits per heavy atom. The quantitative estimate of drug-likeness (QED) is 0.685. The van der Waals surface area contributed by atoms with E-state index in [4.69, 9.17) is 5.73 Å². The topological polar surface area (TPSA) is 35.7 Å². The second kappa shape index (κ2) is 5.80. The van der Waals surface area contributed by atoms with Crippen LogP contribution in [0.2, 0.25) is 0 Å². The fraction of sp³-hybridized carbons (Fsp3) is 1.00. The van der Waals surface area contributed by atoms with Crippen LogP contribution in [0, 0.1) is 0 Å². The molecular weight excluding hydrogens is 188 g/mol. The third-order valence-corrected chi connectivity index (χ3v) is 2.91. The zero-order chi connectivity index (χ0) is 11.4. The molecule has 1 heterocycles. The van der Waals surface area contributed by atoms with Crippen LogP contribution < -0.4 is 5.73 Å². The molecule has 4 nitrogen and oxygen atoms in total. The van der Waals surface area contributed by atoms with Crippen LogP contribution in [-0.2, 0) is 0 Å². The van der Waals surface area contributed by atoms with Gasteiger partial charge in [0.15, 0.2) is 0 Å². The van der Waals surface area contributed by atoms with E-state index in [0.29, 0.717) is 6.04 Å². The molecule has 0 radical (unpaired) electrons. The van der Waals surface area contributed by atoms with E-state index in [-0.39, 0.29) is 6.04 Å². The van der Waals surface area contributed by atoms with Crippen molar-refractivity contribution in [3.63, 3.8) is 0 Å². The zero-order valence-electron chi connectivity index (χ0n) is 10.6. The van der Waals surface area contributed by atoms with Gasteiger partial charge in [0, 0.05) is 44.8 Å². The molecule has 2 N–H and O–H groups in total. The monoisotopic (exact) mass is 214 g/mol. The molecule has 2 atom stereocenters. The summed E-state index contributed by atoms with van der Waals surface area (Å²) >= 11 is 0. The van der Waals surface area contributed by atoms with E-state index in [9.17, 15) is 0 Å². The van der Waals surface area contributed by atoms with Gasteiger partial charge in [-0.15, -0.1) is 0 Å². The molecule has 0 aliphatic carbocycles. The molecule has 2 unspecified atom stereocenters. The summed E-state index contributed by atoms with van der Waals surface area (Å²) in [6.45, 7) is 7.70. The summed E-state index contributed by atoms with van der Waals surface area (Å²) in [5.74, 6) is 0. The largest absolute Gasteiger partial charge is 0.327 e. The third-order valence-electron chi connectivity index (χ3n) is 2.91. The van der Waals surface area contributed by atoms with Gasteiger partial charge in [-0.2, -0.15) is 0 Å². The van der Waals surface area contributed by atoms with Crippen molar-refractivity contribution < 1.29 is 0 Å². The van der Waals surface area contributed by atoms with Crippen LogP contribution in [0.5, 0.6) is 0 Å². The van der Waals surface area contributed by atoms with Crippen LogP contribution in [0.4, 0.5) is 0 Å². The van der Waals surface area contributed by atoms with Crippen LogP contribution in [-0.4, -0.2) is 80.7 Å². The molecule has 15 heavy (non-hydrogen) atoms. The molecule has 0 aromatic carbocycles. The lowest BCUT2D eigenvalue weighted by molar-refractivity contribution is 0.0697. The lowest BCUT2D eigenvalue weighted by atomic mass is 10.1.